The number of carbonyl (C=O) groups excluding carboxylic acids is 2. The number of carbonyl (C=O) groups is 2. The highest BCUT2D eigenvalue weighted by Crippen LogP contribution is 2.36. The second kappa shape index (κ2) is 9.41. The minimum Gasteiger partial charge on any atom is -0.489 e. The van der Waals surface area contributed by atoms with Crippen LogP contribution in [0, 0.1) is 18.7 Å². The lowest BCUT2D eigenvalue weighted by Gasteiger charge is -2.41. The van der Waals surface area contributed by atoms with Gasteiger partial charge in [-0.15, -0.1) is 0 Å². The molecule has 0 radical (unpaired) electrons. The van der Waals surface area contributed by atoms with Crippen LogP contribution < -0.4 is 14.8 Å². The number of hydrogen-bond acceptors (Lipinski definition) is 6. The van der Waals surface area contributed by atoms with Crippen LogP contribution in [0.2, 0.25) is 0 Å². The van der Waals surface area contributed by atoms with Gasteiger partial charge in [0.2, 0.25) is 10.0 Å². The van der Waals surface area contributed by atoms with Crippen LogP contribution in [0.25, 0.3) is 0 Å². The molecule has 5 rings (SSSR count). The molecule has 0 saturated carbocycles. The van der Waals surface area contributed by atoms with Gasteiger partial charge in [-0.25, -0.2) is 17.5 Å². The summed E-state index contributed by atoms with van der Waals surface area (Å²) in [5, 5.41) is 2.69. The van der Waals surface area contributed by atoms with Crippen LogP contribution in [0.4, 0.5) is 10.1 Å². The number of hydrogen-bond donors (Lipinski definition) is 2. The summed E-state index contributed by atoms with van der Waals surface area (Å²) in [4.78, 5) is 28.0. The summed E-state index contributed by atoms with van der Waals surface area (Å²) in [7, 11) is -2.45. The number of aromatic nitrogens is 1. The Kier molecular flexibility index (Phi) is 6.53. The van der Waals surface area contributed by atoms with Gasteiger partial charge in [0.15, 0.2) is 11.4 Å². The van der Waals surface area contributed by atoms with Crippen molar-refractivity contribution in [2.75, 3.05) is 31.6 Å². The third-order valence-corrected chi connectivity index (χ3v) is 8.95. The maximum Gasteiger partial charge on any atom is 0.276 e. The number of amides is 2. The van der Waals surface area contributed by atoms with Gasteiger partial charge in [-0.05, 0) is 56.9 Å². The molecule has 37 heavy (non-hydrogen) atoms. The van der Waals surface area contributed by atoms with Gasteiger partial charge in [0.25, 0.3) is 11.8 Å². The molecule has 200 valence electrons. The van der Waals surface area contributed by atoms with Crippen molar-refractivity contribution in [1.82, 2.24) is 14.2 Å². The average molecular weight is 535 g/mol. The van der Waals surface area contributed by atoms with Crippen LogP contribution >= 0.6 is 0 Å². The number of rotatable bonds is 3. The molecule has 1 aromatic heterocycles. The summed E-state index contributed by atoms with van der Waals surface area (Å²) >= 11 is 0. The number of piperidine rings is 1. The summed E-state index contributed by atoms with van der Waals surface area (Å²) in [6, 6.07) is 3.75. The van der Waals surface area contributed by atoms with Gasteiger partial charge in [0.1, 0.15) is 16.3 Å². The maximum absolute atomic E-state index is 13.6. The van der Waals surface area contributed by atoms with Gasteiger partial charge in [-0.1, -0.05) is 0 Å². The summed E-state index contributed by atoms with van der Waals surface area (Å²) in [5.41, 5.74) is -0.0979. The van der Waals surface area contributed by atoms with Gasteiger partial charge in [0.05, 0.1) is 6.61 Å². The van der Waals surface area contributed by atoms with Crippen molar-refractivity contribution in [2.24, 2.45) is 13.0 Å². The monoisotopic (exact) mass is 534 g/mol. The first-order valence-corrected chi connectivity index (χ1v) is 13.8. The molecule has 0 spiro atoms. The first-order chi connectivity index (χ1) is 17.5. The zero-order chi connectivity index (χ0) is 26.5. The lowest BCUT2D eigenvalue weighted by atomic mass is 9.91. The van der Waals surface area contributed by atoms with Crippen molar-refractivity contribution in [2.45, 2.75) is 49.6 Å². The number of aryl methyl sites for hydroxylation is 2. The lowest BCUT2D eigenvalue weighted by molar-refractivity contribution is -0.153. The fourth-order valence-corrected chi connectivity index (χ4v) is 6.89. The Balaban J connectivity index is 1.40. The van der Waals surface area contributed by atoms with Crippen molar-refractivity contribution in [3.63, 3.8) is 0 Å². The van der Waals surface area contributed by atoms with E-state index >= 15 is 0 Å². The van der Waals surface area contributed by atoms with Crippen LogP contribution in [-0.2, 0) is 26.6 Å². The highest BCUT2D eigenvalue weighted by Gasteiger charge is 2.45. The van der Waals surface area contributed by atoms with E-state index in [4.69, 9.17) is 9.47 Å². The van der Waals surface area contributed by atoms with Gasteiger partial charge in [-0.2, -0.15) is 0 Å². The van der Waals surface area contributed by atoms with Crippen LogP contribution in [0.1, 0.15) is 42.2 Å². The van der Waals surface area contributed by atoms with E-state index in [0.29, 0.717) is 43.8 Å². The van der Waals surface area contributed by atoms with Crippen molar-refractivity contribution in [3.05, 3.63) is 41.5 Å². The average Bonchev–Trinajstić information content (AvgIpc) is 3.43. The Hall–Kier alpha value is -2.96. The first-order valence-electron chi connectivity index (χ1n) is 12.3. The minimum absolute atomic E-state index is 0.0245. The van der Waals surface area contributed by atoms with Crippen molar-refractivity contribution >= 4 is 27.5 Å². The Bertz CT molecular complexity index is 1350. The van der Waals surface area contributed by atoms with E-state index in [2.05, 4.69) is 10.0 Å². The molecule has 4 heterocycles. The van der Waals surface area contributed by atoms with E-state index in [-0.39, 0.29) is 34.8 Å². The second-order valence-corrected chi connectivity index (χ2v) is 11.9. The summed E-state index contributed by atoms with van der Waals surface area (Å²) in [5.74, 6) is -1.45. The summed E-state index contributed by atoms with van der Waals surface area (Å²) < 4.78 is 56.2. The number of likely N-dealkylation sites (tertiary alicyclic amines) is 1. The van der Waals surface area contributed by atoms with E-state index < -0.39 is 33.4 Å². The van der Waals surface area contributed by atoms with Crippen LogP contribution in [0.15, 0.2) is 29.3 Å². The Morgan fingerprint density at radius 3 is 2.78 bits per heavy atom. The molecule has 0 bridgehead atoms. The summed E-state index contributed by atoms with van der Waals surface area (Å²) in [6.45, 7) is 4.76. The second-order valence-electron chi connectivity index (χ2n) is 10.2. The molecule has 0 aliphatic carbocycles. The number of ether oxygens (including phenoxy) is 2. The molecule has 3 aliphatic rings. The zero-order valence-electron chi connectivity index (χ0n) is 21.0. The Labute approximate surface area is 215 Å². The topological polar surface area (TPSA) is 119 Å². The SMILES string of the molecule is Cc1cc(NC(=O)c2c3c(cn2C)S(=O)(=O)NC2CCN(C(=O)C4(C)CCCO4)CC2CO3)ccc1F. The molecule has 12 heteroatoms. The van der Waals surface area contributed by atoms with E-state index in [1.807, 2.05) is 0 Å². The van der Waals surface area contributed by atoms with Crippen LogP contribution in [-0.4, -0.2) is 67.6 Å². The first kappa shape index (κ1) is 25.7. The van der Waals surface area contributed by atoms with E-state index in [0.717, 1.165) is 6.42 Å². The number of nitrogens with zero attached hydrogens (tertiary/aromatic N) is 2. The third-order valence-electron chi connectivity index (χ3n) is 7.46. The molecule has 3 unspecified atom stereocenters. The highest BCUT2D eigenvalue weighted by molar-refractivity contribution is 7.89. The molecule has 2 N–H and O–H groups in total. The quantitative estimate of drug-likeness (QED) is 0.623. The molecule has 3 atom stereocenters. The predicted molar refractivity (Wildman–Crippen MR) is 132 cm³/mol. The number of anilines is 1. The maximum atomic E-state index is 13.6. The number of nitrogens with one attached hydrogen (secondary N) is 2. The molecule has 2 amide bonds. The smallest absolute Gasteiger partial charge is 0.276 e. The van der Waals surface area contributed by atoms with Crippen molar-refractivity contribution in [1.29, 1.82) is 0 Å². The van der Waals surface area contributed by atoms with Gasteiger partial charge >= 0.3 is 0 Å². The third kappa shape index (κ3) is 4.73. The standard InChI is InChI=1S/C25H31FN4O6S/c1-15-11-17(5-6-18(15)26)27-23(31)21-22-20(13-29(21)3)37(33,34)28-19-7-9-30(12-16(19)14-35-22)24(32)25(2)8-4-10-36-25/h5-6,11,13,16,19,28H,4,7-10,12,14H2,1-3H3,(H,27,31). The summed E-state index contributed by atoms with van der Waals surface area (Å²) in [6.07, 6.45) is 3.26. The predicted octanol–water partition coefficient (Wildman–Crippen LogP) is 2.18. The van der Waals surface area contributed by atoms with E-state index in [1.165, 1.54) is 29.0 Å². The molecule has 1 aromatic carbocycles. The fraction of sp³-hybridized carbons (Fsp3) is 0.520. The Morgan fingerprint density at radius 1 is 1.30 bits per heavy atom. The highest BCUT2D eigenvalue weighted by atomic mass is 32.2. The molecular formula is C25H31FN4O6S. The fourth-order valence-electron chi connectivity index (χ4n) is 5.36. The van der Waals surface area contributed by atoms with Gasteiger partial charge in [-0.3, -0.25) is 9.59 Å². The normalized spacial score (nSPS) is 26.9. The Morgan fingerprint density at radius 2 is 2.08 bits per heavy atom. The minimum atomic E-state index is -4.01. The largest absolute Gasteiger partial charge is 0.489 e. The van der Waals surface area contributed by atoms with Crippen LogP contribution in [0.5, 0.6) is 5.75 Å². The molecular weight excluding hydrogens is 503 g/mol. The van der Waals surface area contributed by atoms with Crippen molar-refractivity contribution < 1.29 is 31.9 Å². The zero-order valence-corrected chi connectivity index (χ0v) is 21.9. The van der Waals surface area contributed by atoms with Gasteiger partial charge < -0.3 is 24.3 Å². The van der Waals surface area contributed by atoms with Gasteiger partial charge in [0, 0.05) is 50.6 Å². The number of benzene rings is 1. The molecule has 2 aromatic rings. The number of halogens is 1. The van der Waals surface area contributed by atoms with Crippen LogP contribution in [0.3, 0.4) is 0 Å². The van der Waals surface area contributed by atoms with E-state index in [1.54, 1.807) is 25.8 Å². The molecule has 10 nitrogen and oxygen atoms in total. The van der Waals surface area contributed by atoms with E-state index in [9.17, 15) is 22.4 Å². The number of sulfonamides is 1. The molecule has 2 fully saturated rings. The van der Waals surface area contributed by atoms with Crippen molar-refractivity contribution in [3.8, 4) is 5.75 Å². The number of fused-ring (bicyclic) bond motifs is 2. The lowest BCUT2D eigenvalue weighted by Crippen LogP contribution is -2.58. The molecule has 2 saturated heterocycles. The molecule has 3 aliphatic heterocycles.